The lowest BCUT2D eigenvalue weighted by molar-refractivity contribution is 0.103. The molecule has 0 aliphatic rings. The molecule has 0 unspecified atom stereocenters. The molecule has 0 atom stereocenters. The largest absolute Gasteiger partial charge is 0.308 e. The van der Waals surface area contributed by atoms with Crippen LogP contribution < -0.4 is 0 Å². The second-order valence-corrected chi connectivity index (χ2v) is 5.80. The number of carbonyl (C=O) groups excluding carboxylic acids is 1. The first-order valence-corrected chi connectivity index (χ1v) is 7.06. The summed E-state index contributed by atoms with van der Waals surface area (Å²) in [6, 6.07) is 0. The van der Waals surface area contributed by atoms with Gasteiger partial charge in [-0.1, -0.05) is 0 Å². The Labute approximate surface area is 118 Å². The second kappa shape index (κ2) is 5.73. The van der Waals surface area contributed by atoms with E-state index in [9.17, 15) is 4.79 Å². The summed E-state index contributed by atoms with van der Waals surface area (Å²) in [5.41, 5.74) is 2.24. The summed E-state index contributed by atoms with van der Waals surface area (Å²) in [7, 11) is 3.98. The minimum Gasteiger partial charge on any atom is -0.308 e. The van der Waals surface area contributed by atoms with E-state index in [0.29, 0.717) is 17.1 Å². The van der Waals surface area contributed by atoms with Gasteiger partial charge < -0.3 is 4.90 Å². The van der Waals surface area contributed by atoms with Crippen molar-refractivity contribution in [2.45, 2.75) is 6.54 Å². The topological polar surface area (TPSA) is 51.0 Å². The molecule has 2 heterocycles. The molecule has 0 saturated carbocycles. The number of carbonyl (C=O) groups is 1. The Morgan fingerprint density at radius 3 is 2.89 bits per heavy atom. The smallest absolute Gasteiger partial charge is 0.223 e. The van der Waals surface area contributed by atoms with Crippen molar-refractivity contribution in [1.29, 1.82) is 0 Å². The molecule has 2 aromatic rings. The Morgan fingerprint density at radius 2 is 2.28 bits per heavy atom. The van der Waals surface area contributed by atoms with E-state index in [1.165, 1.54) is 11.3 Å². The second-order valence-electron chi connectivity index (χ2n) is 4.06. The number of halogens is 1. The molecule has 0 saturated heterocycles. The standard InChI is InChI=1S/C11H13BrN4OS/c1-15(2)3-4-16-10(8(12)5-14-16)11(17)9-6-13-7-18-9/h5-7H,3-4H2,1-2H3. The third-order valence-corrected chi connectivity index (χ3v) is 3.78. The van der Waals surface area contributed by atoms with Gasteiger partial charge in [-0.15, -0.1) is 11.3 Å². The Morgan fingerprint density at radius 1 is 1.50 bits per heavy atom. The first-order valence-electron chi connectivity index (χ1n) is 5.39. The van der Waals surface area contributed by atoms with Crippen LogP contribution in [0.5, 0.6) is 0 Å². The molecule has 0 bridgehead atoms. The lowest BCUT2D eigenvalue weighted by Gasteiger charge is -2.11. The van der Waals surface area contributed by atoms with Crippen molar-refractivity contribution in [3.63, 3.8) is 0 Å². The average molecular weight is 329 g/mol. The van der Waals surface area contributed by atoms with Crippen LogP contribution in [-0.2, 0) is 6.54 Å². The van der Waals surface area contributed by atoms with Crippen molar-refractivity contribution in [3.05, 3.63) is 32.9 Å². The van der Waals surface area contributed by atoms with E-state index >= 15 is 0 Å². The van der Waals surface area contributed by atoms with E-state index in [2.05, 4.69) is 30.9 Å². The zero-order valence-corrected chi connectivity index (χ0v) is 12.5. The summed E-state index contributed by atoms with van der Waals surface area (Å²) in [6.45, 7) is 1.51. The lowest BCUT2D eigenvalue weighted by atomic mass is 10.2. The Kier molecular flexibility index (Phi) is 4.26. The number of ketones is 1. The van der Waals surface area contributed by atoms with E-state index < -0.39 is 0 Å². The van der Waals surface area contributed by atoms with E-state index in [-0.39, 0.29) is 5.78 Å². The molecule has 7 heteroatoms. The molecule has 0 fully saturated rings. The number of likely N-dealkylation sites (N-methyl/N-ethyl adjacent to an activating group) is 1. The highest BCUT2D eigenvalue weighted by Crippen LogP contribution is 2.21. The molecule has 2 aromatic heterocycles. The molecule has 0 radical (unpaired) electrons. The average Bonchev–Trinajstić information content (AvgIpc) is 2.94. The first-order chi connectivity index (χ1) is 8.59. The monoisotopic (exact) mass is 328 g/mol. The summed E-state index contributed by atoms with van der Waals surface area (Å²) < 4.78 is 2.45. The molecule has 0 aromatic carbocycles. The minimum absolute atomic E-state index is 0.0411. The molecular formula is C11H13BrN4OS. The highest BCUT2D eigenvalue weighted by molar-refractivity contribution is 9.10. The molecule has 5 nitrogen and oxygen atoms in total. The normalized spacial score (nSPS) is 11.1. The van der Waals surface area contributed by atoms with E-state index in [4.69, 9.17) is 0 Å². The van der Waals surface area contributed by atoms with Gasteiger partial charge in [-0.05, 0) is 30.0 Å². The fourth-order valence-electron chi connectivity index (χ4n) is 1.50. The van der Waals surface area contributed by atoms with Crippen LogP contribution in [0.4, 0.5) is 0 Å². The van der Waals surface area contributed by atoms with Crippen LogP contribution in [0.25, 0.3) is 0 Å². The quantitative estimate of drug-likeness (QED) is 0.786. The summed E-state index contributed by atoms with van der Waals surface area (Å²) in [6.07, 6.45) is 3.24. The zero-order chi connectivity index (χ0) is 13.1. The van der Waals surface area contributed by atoms with Crippen molar-refractivity contribution in [2.24, 2.45) is 0 Å². The number of hydrogen-bond acceptors (Lipinski definition) is 5. The van der Waals surface area contributed by atoms with Gasteiger partial charge in [0.2, 0.25) is 5.78 Å². The predicted octanol–water partition coefficient (Wildman–Crippen LogP) is 1.89. The number of rotatable bonds is 5. The molecule has 18 heavy (non-hydrogen) atoms. The van der Waals surface area contributed by atoms with Crippen molar-refractivity contribution in [2.75, 3.05) is 20.6 Å². The number of nitrogens with zero attached hydrogens (tertiary/aromatic N) is 4. The fraction of sp³-hybridized carbons (Fsp3) is 0.364. The maximum Gasteiger partial charge on any atom is 0.223 e. The van der Waals surface area contributed by atoms with Crippen LogP contribution in [0, 0.1) is 0 Å². The molecule has 0 amide bonds. The van der Waals surface area contributed by atoms with Crippen LogP contribution >= 0.6 is 27.3 Å². The van der Waals surface area contributed by atoms with Gasteiger partial charge in [0.25, 0.3) is 0 Å². The van der Waals surface area contributed by atoms with Crippen molar-refractivity contribution in [1.82, 2.24) is 19.7 Å². The highest BCUT2D eigenvalue weighted by Gasteiger charge is 2.19. The van der Waals surface area contributed by atoms with Crippen LogP contribution in [0.15, 0.2) is 22.4 Å². The Balaban J connectivity index is 2.26. The van der Waals surface area contributed by atoms with E-state index in [1.807, 2.05) is 14.1 Å². The van der Waals surface area contributed by atoms with Crippen LogP contribution in [0.1, 0.15) is 15.4 Å². The minimum atomic E-state index is -0.0411. The maximum absolute atomic E-state index is 12.3. The third-order valence-electron chi connectivity index (χ3n) is 2.43. The molecule has 0 aliphatic carbocycles. The predicted molar refractivity (Wildman–Crippen MR) is 74.0 cm³/mol. The molecule has 0 aliphatic heterocycles. The van der Waals surface area contributed by atoms with Gasteiger partial charge >= 0.3 is 0 Å². The van der Waals surface area contributed by atoms with Gasteiger partial charge in [0.05, 0.1) is 27.6 Å². The lowest BCUT2D eigenvalue weighted by Crippen LogP contribution is -2.21. The highest BCUT2D eigenvalue weighted by atomic mass is 79.9. The van der Waals surface area contributed by atoms with Gasteiger partial charge in [0.15, 0.2) is 0 Å². The van der Waals surface area contributed by atoms with Crippen molar-refractivity contribution in [3.8, 4) is 0 Å². The molecule has 96 valence electrons. The van der Waals surface area contributed by atoms with Crippen LogP contribution in [0.2, 0.25) is 0 Å². The third kappa shape index (κ3) is 2.85. The Bertz CT molecular complexity index is 535. The van der Waals surface area contributed by atoms with Crippen molar-refractivity contribution >= 4 is 33.0 Å². The van der Waals surface area contributed by atoms with Crippen LogP contribution in [0.3, 0.4) is 0 Å². The molecule has 0 N–H and O–H groups in total. The molecular weight excluding hydrogens is 316 g/mol. The molecule has 0 spiro atoms. The SMILES string of the molecule is CN(C)CCn1ncc(Br)c1C(=O)c1cncs1. The van der Waals surface area contributed by atoms with Crippen molar-refractivity contribution < 1.29 is 4.79 Å². The van der Waals surface area contributed by atoms with E-state index in [0.717, 1.165) is 11.0 Å². The van der Waals surface area contributed by atoms with Crippen LogP contribution in [-0.4, -0.2) is 46.1 Å². The fourth-order valence-corrected chi connectivity index (χ4v) is 2.53. The number of thiazole rings is 1. The zero-order valence-electron chi connectivity index (χ0n) is 10.1. The van der Waals surface area contributed by atoms with Gasteiger partial charge in [0, 0.05) is 12.7 Å². The maximum atomic E-state index is 12.3. The first kappa shape index (κ1) is 13.4. The summed E-state index contributed by atoms with van der Waals surface area (Å²) in [4.78, 5) is 18.9. The van der Waals surface area contributed by atoms with Gasteiger partial charge in [-0.3, -0.25) is 14.5 Å². The van der Waals surface area contributed by atoms with Gasteiger partial charge in [-0.25, -0.2) is 0 Å². The summed E-state index contributed by atoms with van der Waals surface area (Å²) in [5.74, 6) is -0.0411. The summed E-state index contributed by atoms with van der Waals surface area (Å²) >= 11 is 4.71. The van der Waals surface area contributed by atoms with E-state index in [1.54, 1.807) is 22.6 Å². The number of aromatic nitrogens is 3. The number of hydrogen-bond donors (Lipinski definition) is 0. The van der Waals surface area contributed by atoms with Gasteiger partial charge in [-0.2, -0.15) is 5.10 Å². The molecule has 2 rings (SSSR count). The Hall–Kier alpha value is -1.05. The summed E-state index contributed by atoms with van der Waals surface area (Å²) in [5, 5.41) is 4.23. The van der Waals surface area contributed by atoms with Gasteiger partial charge in [0.1, 0.15) is 5.69 Å².